The lowest BCUT2D eigenvalue weighted by Crippen LogP contribution is -2.55. The van der Waals surface area contributed by atoms with Crippen molar-refractivity contribution in [2.45, 2.75) is 17.8 Å². The van der Waals surface area contributed by atoms with Gasteiger partial charge in [0, 0.05) is 36.3 Å². The van der Waals surface area contributed by atoms with Gasteiger partial charge in [0.05, 0.1) is 55.9 Å². The smallest absolute Gasteiger partial charge is 0.277 e. The molecule has 4 aliphatic rings. The van der Waals surface area contributed by atoms with Crippen LogP contribution in [0.5, 0.6) is 0 Å². The van der Waals surface area contributed by atoms with Crippen LogP contribution in [0.3, 0.4) is 0 Å². The molecule has 0 N–H and O–H groups in total. The number of carbonyl (C=O) groups excluding carboxylic acids is 8. The summed E-state index contributed by atoms with van der Waals surface area (Å²) >= 11 is 0. The molecule has 4 heterocycles. The topological polar surface area (TPSA) is 150 Å². The van der Waals surface area contributed by atoms with E-state index in [0.29, 0.717) is 78.8 Å². The number of carbonyl (C=O) groups is 8. The van der Waals surface area contributed by atoms with Crippen LogP contribution < -0.4 is 9.80 Å². The van der Waals surface area contributed by atoms with Gasteiger partial charge in [-0.3, -0.25) is 48.2 Å². The average Bonchev–Trinajstić information content (AvgIpc) is 1.78. The molecule has 18 heteroatoms. The molecule has 0 saturated heterocycles. The van der Waals surface area contributed by atoms with Crippen molar-refractivity contribution in [3.8, 4) is 23.7 Å². The molecule has 0 aliphatic carbocycles. The zero-order valence-electron chi connectivity index (χ0n) is 43.3. The molecule has 8 aromatic rings. The summed E-state index contributed by atoms with van der Waals surface area (Å²) in [5, 5.41) is 0. The first-order chi connectivity index (χ1) is 39.6. The minimum Gasteiger partial charge on any atom is -0.277 e. The van der Waals surface area contributed by atoms with Crippen molar-refractivity contribution in [1.82, 2.24) is 9.80 Å². The molecule has 83 heavy (non-hydrogen) atoms. The molecule has 0 spiro atoms. The van der Waals surface area contributed by atoms with E-state index in [1.807, 2.05) is 72.8 Å². The van der Waals surface area contributed by atoms with E-state index in [-0.39, 0.29) is 34.8 Å². The number of fused-ring (bicyclic) bond motifs is 4. The number of amides is 8. The largest absolute Gasteiger partial charge is 0.411 e. The minimum absolute atomic E-state index is 0.297. The van der Waals surface area contributed by atoms with Crippen molar-refractivity contribution in [2.24, 2.45) is 0 Å². The third-order valence-corrected chi connectivity index (χ3v) is 13.9. The molecule has 12 nitrogen and oxygen atoms in total. The number of anilines is 2. The second-order valence-corrected chi connectivity index (χ2v) is 18.9. The van der Waals surface area contributed by atoms with Crippen molar-refractivity contribution in [3.05, 3.63) is 272 Å². The monoisotopic (exact) mass is 1120 g/mol. The number of imide groups is 4. The number of halogens is 6. The first kappa shape index (κ1) is 55.3. The van der Waals surface area contributed by atoms with Gasteiger partial charge in [0.15, 0.2) is 0 Å². The van der Waals surface area contributed by atoms with E-state index in [9.17, 15) is 64.7 Å². The molecular formula is C65H38F6N4O8. The van der Waals surface area contributed by atoms with E-state index in [1.165, 1.54) is 9.80 Å². The summed E-state index contributed by atoms with van der Waals surface area (Å²) < 4.78 is 86.4. The lowest BCUT2D eigenvalue weighted by molar-refractivity contribution is -0.288. The lowest BCUT2D eigenvalue weighted by Gasteiger charge is -2.38. The van der Waals surface area contributed by atoms with Gasteiger partial charge in [-0.2, -0.15) is 26.3 Å². The van der Waals surface area contributed by atoms with E-state index in [0.717, 1.165) is 37.4 Å². The fourth-order valence-electron chi connectivity index (χ4n) is 9.76. The van der Waals surface area contributed by atoms with Gasteiger partial charge >= 0.3 is 12.4 Å². The molecule has 4 aliphatic heterocycles. The van der Waals surface area contributed by atoms with Gasteiger partial charge in [-0.1, -0.05) is 109 Å². The van der Waals surface area contributed by atoms with Crippen LogP contribution in [0.15, 0.2) is 194 Å². The third kappa shape index (κ3) is 9.88. The van der Waals surface area contributed by atoms with Gasteiger partial charge in [0.25, 0.3) is 47.3 Å². The van der Waals surface area contributed by atoms with Crippen molar-refractivity contribution in [1.29, 1.82) is 0 Å². The Kier molecular flexibility index (Phi) is 14.4. The van der Waals surface area contributed by atoms with Crippen molar-refractivity contribution in [2.75, 3.05) is 23.9 Å². The first-order valence-corrected chi connectivity index (χ1v) is 25.0. The van der Waals surface area contributed by atoms with Gasteiger partial charge in [-0.15, -0.1) is 0 Å². The second-order valence-electron chi connectivity index (χ2n) is 18.9. The van der Waals surface area contributed by atoms with E-state index in [1.54, 1.807) is 84.9 Å². The summed E-state index contributed by atoms with van der Waals surface area (Å²) in [4.78, 5) is 103. The standard InChI is InChI=1S/2C22H13NO2.C21H12F6N2O4/c2*24-21-19-14-13-17(12-11-16-7-3-1-4-8-16)15-20(19)22(25)23(21)18-9-5-2-6-10-18;1-28-15(30)11-5-3-9(7-13(11)17(28)32)19(20(22,23)24,21(25,26)27)10-4-6-12-14(8-10)18(33)29(2)16(12)31/h2*1-10,13-15H;3-8H,1-2H3. The Morgan fingerprint density at radius 3 is 0.892 bits per heavy atom. The lowest BCUT2D eigenvalue weighted by atomic mass is 9.71. The Morgan fingerprint density at radius 1 is 0.289 bits per heavy atom. The summed E-state index contributed by atoms with van der Waals surface area (Å²) in [6.45, 7) is 0. The van der Waals surface area contributed by atoms with Crippen LogP contribution in [0, 0.1) is 23.7 Å². The molecule has 408 valence electrons. The SMILES string of the molecule is CN1C(=O)c2ccc(C(c3ccc4c(c3)C(=O)N(C)C4=O)(C(F)(F)F)C(F)(F)F)cc2C1=O.O=C1c2ccc(C#Cc3ccccc3)cc2C(=O)N1c1ccccc1.O=C1c2ccc(C#Cc3ccccc3)cc2C(=O)N1c1ccccc1. The van der Waals surface area contributed by atoms with Gasteiger partial charge in [-0.25, -0.2) is 9.80 Å². The van der Waals surface area contributed by atoms with Crippen LogP contribution in [-0.2, 0) is 5.41 Å². The fourth-order valence-corrected chi connectivity index (χ4v) is 9.76. The molecule has 0 radical (unpaired) electrons. The molecule has 0 atom stereocenters. The fraction of sp³-hybridized carbons (Fsp3) is 0.0769. The number of alkyl halides is 6. The minimum atomic E-state index is -5.98. The number of hydrogen-bond donors (Lipinski definition) is 0. The highest BCUT2D eigenvalue weighted by molar-refractivity contribution is 6.35. The average molecular weight is 1120 g/mol. The second kappa shape index (κ2) is 21.6. The number of para-hydroxylation sites is 2. The molecule has 0 unspecified atom stereocenters. The van der Waals surface area contributed by atoms with Crippen LogP contribution in [-0.4, -0.2) is 83.5 Å². The Hall–Kier alpha value is -11.0. The van der Waals surface area contributed by atoms with E-state index in [2.05, 4.69) is 23.7 Å². The Bertz CT molecular complexity index is 3910. The van der Waals surface area contributed by atoms with E-state index >= 15 is 0 Å². The highest BCUT2D eigenvalue weighted by Gasteiger charge is 2.73. The number of hydrogen-bond acceptors (Lipinski definition) is 8. The number of rotatable bonds is 4. The summed E-state index contributed by atoms with van der Waals surface area (Å²) in [7, 11) is 2.09. The first-order valence-electron chi connectivity index (χ1n) is 25.0. The van der Waals surface area contributed by atoms with Crippen LogP contribution in [0.25, 0.3) is 0 Å². The number of benzene rings is 8. The van der Waals surface area contributed by atoms with Gasteiger partial charge in [0.2, 0.25) is 5.41 Å². The normalized spacial score (nSPS) is 14.2. The van der Waals surface area contributed by atoms with Crippen LogP contribution in [0.2, 0.25) is 0 Å². The highest BCUT2D eigenvalue weighted by Crippen LogP contribution is 2.57. The highest BCUT2D eigenvalue weighted by atomic mass is 19.4. The quantitative estimate of drug-likeness (QED) is 0.0960. The zero-order valence-corrected chi connectivity index (χ0v) is 43.3. The Labute approximate surface area is 468 Å². The maximum absolute atomic E-state index is 14.4. The maximum Gasteiger partial charge on any atom is 0.411 e. The summed E-state index contributed by atoms with van der Waals surface area (Å²) in [6.07, 6.45) is -12.0. The van der Waals surface area contributed by atoms with Crippen molar-refractivity contribution < 1.29 is 64.7 Å². The van der Waals surface area contributed by atoms with Crippen LogP contribution in [0.1, 0.15) is 116 Å². The molecule has 8 amide bonds. The molecule has 0 aromatic heterocycles. The third-order valence-electron chi connectivity index (χ3n) is 13.9. The van der Waals surface area contributed by atoms with Crippen LogP contribution >= 0.6 is 0 Å². The summed E-state index contributed by atoms with van der Waals surface area (Å²) in [5.41, 5.74) is -3.26. The Morgan fingerprint density at radius 2 is 0.554 bits per heavy atom. The predicted molar refractivity (Wildman–Crippen MR) is 292 cm³/mol. The van der Waals surface area contributed by atoms with Crippen molar-refractivity contribution in [3.63, 3.8) is 0 Å². The predicted octanol–water partition coefficient (Wildman–Crippen LogP) is 11.3. The molecule has 0 fully saturated rings. The van der Waals surface area contributed by atoms with Gasteiger partial charge in [-0.05, 0) is 120 Å². The molecule has 0 bridgehead atoms. The summed E-state index contributed by atoms with van der Waals surface area (Å²) in [5.74, 6) is 7.17. The maximum atomic E-state index is 14.4. The van der Waals surface area contributed by atoms with Crippen LogP contribution in [0.4, 0.5) is 37.7 Å². The summed E-state index contributed by atoms with van der Waals surface area (Å²) in [6, 6.07) is 50.6. The van der Waals surface area contributed by atoms with Crippen molar-refractivity contribution >= 4 is 58.6 Å². The molecule has 8 aromatic carbocycles. The number of nitrogens with zero attached hydrogens (tertiary/aromatic N) is 4. The van der Waals surface area contributed by atoms with E-state index in [4.69, 9.17) is 0 Å². The zero-order chi connectivity index (χ0) is 59.1. The Balaban J connectivity index is 0.000000141. The van der Waals surface area contributed by atoms with Gasteiger partial charge < -0.3 is 0 Å². The molecular weight excluding hydrogens is 1080 g/mol. The van der Waals surface area contributed by atoms with Gasteiger partial charge in [0.1, 0.15) is 0 Å². The molecule has 0 saturated carbocycles. The van der Waals surface area contributed by atoms with E-state index < -0.39 is 63.7 Å². The molecule has 12 rings (SSSR count).